The first-order valence-corrected chi connectivity index (χ1v) is 7.60. The monoisotopic (exact) mass is 317 g/mol. The smallest absolute Gasteiger partial charge is 0.220 e. The van der Waals surface area contributed by atoms with Gasteiger partial charge in [0.15, 0.2) is 0 Å². The van der Waals surface area contributed by atoms with Crippen LogP contribution in [0.3, 0.4) is 0 Å². The molecule has 5 heteroatoms. The molecule has 2 rings (SSSR count). The Bertz CT molecular complexity index is 663. The third-order valence-electron chi connectivity index (χ3n) is 3.67. The Hall–Kier alpha value is -2.43. The standard InChI is InChI=1S/C18H23NO4/c1-12-5-8-16(23-12)13(2)19-18(20)10-6-14-11-15(21-3)7-9-17(14)22-4/h5,7-9,11,13H,6,10H2,1-4H3,(H,19,20). The zero-order valence-electron chi connectivity index (χ0n) is 14.0. The van der Waals surface area contributed by atoms with Crippen molar-refractivity contribution in [1.82, 2.24) is 5.32 Å². The van der Waals surface area contributed by atoms with Gasteiger partial charge < -0.3 is 19.2 Å². The van der Waals surface area contributed by atoms with Crippen molar-refractivity contribution in [3.63, 3.8) is 0 Å². The molecule has 0 aliphatic heterocycles. The normalized spacial score (nSPS) is 11.8. The van der Waals surface area contributed by atoms with Crippen LogP contribution in [0.4, 0.5) is 0 Å². The molecule has 0 saturated carbocycles. The van der Waals surface area contributed by atoms with Crippen molar-refractivity contribution in [2.75, 3.05) is 14.2 Å². The van der Waals surface area contributed by atoms with E-state index in [9.17, 15) is 4.79 Å². The topological polar surface area (TPSA) is 60.7 Å². The molecule has 124 valence electrons. The number of aryl methyl sites for hydroxylation is 2. The highest BCUT2D eigenvalue weighted by atomic mass is 16.5. The minimum Gasteiger partial charge on any atom is -0.497 e. The number of rotatable bonds is 7. The summed E-state index contributed by atoms with van der Waals surface area (Å²) in [6, 6.07) is 9.20. The molecule has 1 amide bonds. The summed E-state index contributed by atoms with van der Waals surface area (Å²) in [5.74, 6) is 3.07. The zero-order valence-corrected chi connectivity index (χ0v) is 14.0. The minimum absolute atomic E-state index is 0.0311. The van der Waals surface area contributed by atoms with E-state index in [1.54, 1.807) is 14.2 Å². The van der Waals surface area contributed by atoms with Crippen LogP contribution in [-0.4, -0.2) is 20.1 Å². The molecule has 1 aromatic carbocycles. The number of hydrogen-bond acceptors (Lipinski definition) is 4. The Labute approximate surface area is 136 Å². The van der Waals surface area contributed by atoms with Crippen LogP contribution in [0.5, 0.6) is 11.5 Å². The second kappa shape index (κ2) is 7.72. The predicted molar refractivity (Wildman–Crippen MR) is 87.9 cm³/mol. The number of carbonyl (C=O) groups is 1. The summed E-state index contributed by atoms with van der Waals surface area (Å²) in [7, 11) is 3.23. The minimum atomic E-state index is -0.150. The van der Waals surface area contributed by atoms with Crippen molar-refractivity contribution in [3.8, 4) is 11.5 Å². The third-order valence-corrected chi connectivity index (χ3v) is 3.67. The number of methoxy groups -OCH3 is 2. The third kappa shape index (κ3) is 4.52. The molecule has 5 nitrogen and oxygen atoms in total. The molecule has 0 fully saturated rings. The fourth-order valence-electron chi connectivity index (χ4n) is 2.40. The van der Waals surface area contributed by atoms with Crippen molar-refractivity contribution in [3.05, 3.63) is 47.4 Å². The van der Waals surface area contributed by atoms with Crippen molar-refractivity contribution in [2.24, 2.45) is 0 Å². The van der Waals surface area contributed by atoms with Gasteiger partial charge >= 0.3 is 0 Å². The fourth-order valence-corrected chi connectivity index (χ4v) is 2.40. The maximum Gasteiger partial charge on any atom is 0.220 e. The Morgan fingerprint density at radius 2 is 2.00 bits per heavy atom. The van der Waals surface area contributed by atoms with E-state index in [2.05, 4.69) is 5.32 Å². The largest absolute Gasteiger partial charge is 0.497 e. The second-order valence-electron chi connectivity index (χ2n) is 5.42. The first-order chi connectivity index (χ1) is 11.0. The molecule has 1 N–H and O–H groups in total. The van der Waals surface area contributed by atoms with Crippen LogP contribution in [0.15, 0.2) is 34.7 Å². The van der Waals surface area contributed by atoms with Crippen molar-refractivity contribution < 1.29 is 18.7 Å². The van der Waals surface area contributed by atoms with Crippen LogP contribution < -0.4 is 14.8 Å². The number of ether oxygens (including phenoxy) is 2. The van der Waals surface area contributed by atoms with Crippen molar-refractivity contribution in [2.45, 2.75) is 32.7 Å². The zero-order chi connectivity index (χ0) is 16.8. The SMILES string of the molecule is COc1ccc(OC)c(CCC(=O)NC(C)c2ccc(C)o2)c1. The van der Waals surface area contributed by atoms with E-state index in [0.717, 1.165) is 28.6 Å². The van der Waals surface area contributed by atoms with E-state index < -0.39 is 0 Å². The average molecular weight is 317 g/mol. The van der Waals surface area contributed by atoms with Crippen LogP contribution in [0.1, 0.15) is 36.5 Å². The summed E-state index contributed by atoms with van der Waals surface area (Å²) in [6.07, 6.45) is 0.948. The van der Waals surface area contributed by atoms with E-state index in [1.165, 1.54) is 0 Å². The maximum atomic E-state index is 12.1. The van der Waals surface area contributed by atoms with Gasteiger partial charge in [-0.15, -0.1) is 0 Å². The summed E-state index contributed by atoms with van der Waals surface area (Å²) >= 11 is 0. The van der Waals surface area contributed by atoms with Gasteiger partial charge in [-0.3, -0.25) is 4.79 Å². The Balaban J connectivity index is 1.93. The van der Waals surface area contributed by atoms with Gasteiger partial charge in [0, 0.05) is 6.42 Å². The highest BCUT2D eigenvalue weighted by molar-refractivity contribution is 5.76. The van der Waals surface area contributed by atoms with Crippen molar-refractivity contribution in [1.29, 1.82) is 0 Å². The molecular weight excluding hydrogens is 294 g/mol. The number of carbonyl (C=O) groups excluding carboxylic acids is 1. The van der Waals surface area contributed by atoms with Gasteiger partial charge in [0.1, 0.15) is 23.0 Å². The van der Waals surface area contributed by atoms with Gasteiger partial charge in [0.2, 0.25) is 5.91 Å². The second-order valence-corrected chi connectivity index (χ2v) is 5.42. The first kappa shape index (κ1) is 16.9. The van der Waals surface area contributed by atoms with Gasteiger partial charge in [0.25, 0.3) is 0 Å². The van der Waals surface area contributed by atoms with Gasteiger partial charge in [0.05, 0.1) is 20.3 Å². The molecule has 1 heterocycles. The van der Waals surface area contributed by atoms with Crippen LogP contribution in [-0.2, 0) is 11.2 Å². The summed E-state index contributed by atoms with van der Waals surface area (Å²) in [5, 5.41) is 2.94. The van der Waals surface area contributed by atoms with Crippen molar-refractivity contribution >= 4 is 5.91 Å². The Kier molecular flexibility index (Phi) is 5.68. The molecule has 0 bridgehead atoms. The lowest BCUT2D eigenvalue weighted by Gasteiger charge is -2.13. The quantitative estimate of drug-likeness (QED) is 0.850. The van der Waals surface area contributed by atoms with E-state index in [-0.39, 0.29) is 11.9 Å². The Morgan fingerprint density at radius 1 is 1.22 bits per heavy atom. The summed E-state index contributed by atoms with van der Waals surface area (Å²) in [5.41, 5.74) is 0.948. The Morgan fingerprint density at radius 3 is 2.61 bits per heavy atom. The van der Waals surface area contributed by atoms with E-state index in [4.69, 9.17) is 13.9 Å². The van der Waals surface area contributed by atoms with Gasteiger partial charge in [-0.2, -0.15) is 0 Å². The number of hydrogen-bond donors (Lipinski definition) is 1. The number of nitrogens with one attached hydrogen (secondary N) is 1. The first-order valence-electron chi connectivity index (χ1n) is 7.60. The van der Waals surface area contributed by atoms with E-state index in [1.807, 2.05) is 44.2 Å². The summed E-state index contributed by atoms with van der Waals surface area (Å²) in [6.45, 7) is 3.79. The molecule has 2 aromatic rings. The highest BCUT2D eigenvalue weighted by Gasteiger charge is 2.14. The molecule has 23 heavy (non-hydrogen) atoms. The molecule has 0 aliphatic carbocycles. The lowest BCUT2D eigenvalue weighted by Crippen LogP contribution is -2.26. The number of benzene rings is 1. The van der Waals surface area contributed by atoms with Crippen LogP contribution >= 0.6 is 0 Å². The molecule has 1 aromatic heterocycles. The molecule has 0 radical (unpaired) electrons. The molecule has 1 unspecified atom stereocenters. The fraction of sp³-hybridized carbons (Fsp3) is 0.389. The summed E-state index contributed by atoms with van der Waals surface area (Å²) in [4.78, 5) is 12.1. The number of amides is 1. The van der Waals surface area contributed by atoms with Gasteiger partial charge in [-0.05, 0) is 56.2 Å². The molecular formula is C18H23NO4. The number of furan rings is 1. The van der Waals surface area contributed by atoms with Crippen LogP contribution in [0.2, 0.25) is 0 Å². The van der Waals surface area contributed by atoms with Gasteiger partial charge in [-0.25, -0.2) is 0 Å². The van der Waals surface area contributed by atoms with Gasteiger partial charge in [-0.1, -0.05) is 0 Å². The maximum absolute atomic E-state index is 12.1. The average Bonchev–Trinajstić information content (AvgIpc) is 2.99. The lowest BCUT2D eigenvalue weighted by atomic mass is 10.1. The molecule has 0 aliphatic rings. The van der Waals surface area contributed by atoms with E-state index >= 15 is 0 Å². The van der Waals surface area contributed by atoms with Crippen LogP contribution in [0, 0.1) is 6.92 Å². The predicted octanol–water partition coefficient (Wildman–Crippen LogP) is 3.42. The highest BCUT2D eigenvalue weighted by Crippen LogP contribution is 2.25. The summed E-state index contributed by atoms with van der Waals surface area (Å²) < 4.78 is 16.1. The molecule has 0 spiro atoms. The molecule has 0 saturated heterocycles. The lowest BCUT2D eigenvalue weighted by molar-refractivity contribution is -0.121. The molecule has 1 atom stereocenters. The van der Waals surface area contributed by atoms with E-state index in [0.29, 0.717) is 12.8 Å². The van der Waals surface area contributed by atoms with Crippen LogP contribution in [0.25, 0.3) is 0 Å².